The van der Waals surface area contributed by atoms with Crippen molar-refractivity contribution >= 4 is 11.9 Å². The summed E-state index contributed by atoms with van der Waals surface area (Å²) in [6.07, 6.45) is 7.80. The van der Waals surface area contributed by atoms with E-state index in [2.05, 4.69) is 6.92 Å². The van der Waals surface area contributed by atoms with Crippen LogP contribution >= 0.6 is 0 Å². The lowest BCUT2D eigenvalue weighted by Gasteiger charge is -2.36. The minimum absolute atomic E-state index is 0.230. The molecule has 1 saturated heterocycles. The largest absolute Gasteiger partial charge is 0.480 e. The van der Waals surface area contributed by atoms with E-state index in [-0.39, 0.29) is 5.91 Å². The molecule has 1 aliphatic heterocycles. The number of aliphatic carboxylic acids is 1. The average Bonchev–Trinajstić information content (AvgIpc) is 2.49. The van der Waals surface area contributed by atoms with Gasteiger partial charge in [-0.05, 0) is 13.3 Å². The lowest BCUT2D eigenvalue weighted by molar-refractivity contribution is -0.144. The first kappa shape index (κ1) is 18.0. The highest BCUT2D eigenvalue weighted by Crippen LogP contribution is 2.11. The summed E-state index contributed by atoms with van der Waals surface area (Å²) < 4.78 is 0. The maximum Gasteiger partial charge on any atom is 0.320 e. The topological polar surface area (TPSA) is 60.9 Å². The van der Waals surface area contributed by atoms with Gasteiger partial charge >= 0.3 is 5.97 Å². The second-order valence-electron chi connectivity index (χ2n) is 5.95. The Hall–Kier alpha value is -1.10. The quantitative estimate of drug-likeness (QED) is 0.664. The molecule has 5 nitrogen and oxygen atoms in total. The Morgan fingerprint density at radius 2 is 1.57 bits per heavy atom. The fourth-order valence-corrected chi connectivity index (χ4v) is 2.73. The van der Waals surface area contributed by atoms with E-state index in [1.165, 1.54) is 25.7 Å². The van der Waals surface area contributed by atoms with Crippen LogP contribution in [0.4, 0.5) is 0 Å². The molecule has 0 aliphatic carbocycles. The Balaban J connectivity index is 2.15. The van der Waals surface area contributed by atoms with E-state index < -0.39 is 12.0 Å². The molecular formula is C16H30N2O3. The second kappa shape index (κ2) is 9.77. The SMILES string of the molecule is CCCCCCCCC(=O)N1CCN(C(C)C(=O)O)CC1. The fraction of sp³-hybridized carbons (Fsp3) is 0.875. The van der Waals surface area contributed by atoms with Crippen molar-refractivity contribution in [3.05, 3.63) is 0 Å². The molecule has 1 amide bonds. The van der Waals surface area contributed by atoms with E-state index in [1.54, 1.807) is 6.92 Å². The number of amides is 1. The van der Waals surface area contributed by atoms with Crippen molar-refractivity contribution in [3.63, 3.8) is 0 Å². The van der Waals surface area contributed by atoms with Gasteiger partial charge in [-0.15, -0.1) is 0 Å². The molecule has 5 heteroatoms. The van der Waals surface area contributed by atoms with Crippen molar-refractivity contribution < 1.29 is 14.7 Å². The molecule has 21 heavy (non-hydrogen) atoms. The fourth-order valence-electron chi connectivity index (χ4n) is 2.73. The average molecular weight is 298 g/mol. The molecule has 0 bridgehead atoms. The number of nitrogens with zero attached hydrogens (tertiary/aromatic N) is 2. The van der Waals surface area contributed by atoms with Gasteiger partial charge in [-0.1, -0.05) is 39.0 Å². The van der Waals surface area contributed by atoms with Crippen LogP contribution in [0.5, 0.6) is 0 Å². The summed E-state index contributed by atoms with van der Waals surface area (Å²) >= 11 is 0. The lowest BCUT2D eigenvalue weighted by Crippen LogP contribution is -2.53. The number of rotatable bonds is 9. The Bertz CT molecular complexity index is 325. The highest BCUT2D eigenvalue weighted by Gasteiger charge is 2.26. The predicted octanol–water partition coefficient (Wildman–Crippen LogP) is 2.35. The van der Waals surface area contributed by atoms with Crippen LogP contribution in [0.1, 0.15) is 58.8 Å². The zero-order chi connectivity index (χ0) is 15.7. The number of unbranched alkanes of at least 4 members (excludes halogenated alkanes) is 5. The van der Waals surface area contributed by atoms with Gasteiger partial charge in [0.05, 0.1) is 0 Å². The summed E-state index contributed by atoms with van der Waals surface area (Å²) in [5, 5.41) is 8.99. The third kappa shape index (κ3) is 6.46. The molecule has 0 radical (unpaired) electrons. The standard InChI is InChI=1S/C16H30N2O3/c1-3-4-5-6-7-8-9-15(19)18-12-10-17(11-13-18)14(2)16(20)21/h14H,3-13H2,1-2H3,(H,20,21). The van der Waals surface area contributed by atoms with Crippen LogP contribution in [-0.4, -0.2) is 59.0 Å². The number of carbonyl (C=O) groups is 2. The summed E-state index contributed by atoms with van der Waals surface area (Å²) in [4.78, 5) is 26.8. The lowest BCUT2D eigenvalue weighted by atomic mass is 10.1. The van der Waals surface area contributed by atoms with E-state index in [4.69, 9.17) is 5.11 Å². The number of carbonyl (C=O) groups excluding carboxylic acids is 1. The minimum atomic E-state index is -0.790. The van der Waals surface area contributed by atoms with Crippen molar-refractivity contribution in [2.75, 3.05) is 26.2 Å². The first-order valence-electron chi connectivity index (χ1n) is 8.31. The molecule has 1 fully saturated rings. The summed E-state index contributed by atoms with van der Waals surface area (Å²) in [5.41, 5.74) is 0. The molecule has 1 N–H and O–H groups in total. The molecular weight excluding hydrogens is 268 g/mol. The number of hydrogen-bond acceptors (Lipinski definition) is 3. The van der Waals surface area contributed by atoms with Crippen LogP contribution in [0, 0.1) is 0 Å². The van der Waals surface area contributed by atoms with Crippen LogP contribution in [0.25, 0.3) is 0 Å². The van der Waals surface area contributed by atoms with E-state index in [9.17, 15) is 9.59 Å². The van der Waals surface area contributed by atoms with Gasteiger partial charge in [0.2, 0.25) is 5.91 Å². The van der Waals surface area contributed by atoms with Crippen LogP contribution in [-0.2, 0) is 9.59 Å². The van der Waals surface area contributed by atoms with E-state index >= 15 is 0 Å². The molecule has 0 aromatic rings. The van der Waals surface area contributed by atoms with Gasteiger partial charge in [0.15, 0.2) is 0 Å². The zero-order valence-electron chi connectivity index (χ0n) is 13.5. The van der Waals surface area contributed by atoms with Crippen LogP contribution < -0.4 is 0 Å². The van der Waals surface area contributed by atoms with Gasteiger partial charge in [0, 0.05) is 32.6 Å². The molecule has 1 atom stereocenters. The number of piperazine rings is 1. The summed E-state index contributed by atoms with van der Waals surface area (Å²) in [7, 11) is 0. The summed E-state index contributed by atoms with van der Waals surface area (Å²) in [5.74, 6) is -0.560. The van der Waals surface area contributed by atoms with Crippen LogP contribution in [0.15, 0.2) is 0 Å². The third-order valence-electron chi connectivity index (χ3n) is 4.32. The monoisotopic (exact) mass is 298 g/mol. The highest BCUT2D eigenvalue weighted by molar-refractivity contribution is 5.76. The maximum atomic E-state index is 12.1. The molecule has 0 spiro atoms. The van der Waals surface area contributed by atoms with Crippen molar-refractivity contribution in [1.82, 2.24) is 9.80 Å². The van der Waals surface area contributed by atoms with Crippen LogP contribution in [0.2, 0.25) is 0 Å². The second-order valence-corrected chi connectivity index (χ2v) is 5.95. The zero-order valence-corrected chi connectivity index (χ0v) is 13.5. The summed E-state index contributed by atoms with van der Waals surface area (Å²) in [6, 6.07) is -0.458. The molecule has 1 rings (SSSR count). The smallest absolute Gasteiger partial charge is 0.320 e. The van der Waals surface area contributed by atoms with Crippen molar-refractivity contribution in [1.29, 1.82) is 0 Å². The van der Waals surface area contributed by atoms with E-state index in [0.29, 0.717) is 32.6 Å². The molecule has 1 heterocycles. The van der Waals surface area contributed by atoms with Crippen LogP contribution in [0.3, 0.4) is 0 Å². The van der Waals surface area contributed by atoms with Gasteiger partial charge in [0.1, 0.15) is 6.04 Å². The number of carboxylic acid groups (broad SMARTS) is 1. The Kier molecular flexibility index (Phi) is 8.35. The van der Waals surface area contributed by atoms with E-state index in [0.717, 1.165) is 12.8 Å². The van der Waals surface area contributed by atoms with Gasteiger partial charge in [0.25, 0.3) is 0 Å². The van der Waals surface area contributed by atoms with Crippen molar-refractivity contribution in [3.8, 4) is 0 Å². The van der Waals surface area contributed by atoms with E-state index in [1.807, 2.05) is 9.80 Å². The first-order chi connectivity index (χ1) is 10.1. The maximum absolute atomic E-state index is 12.1. The molecule has 0 aromatic carbocycles. The van der Waals surface area contributed by atoms with Gasteiger partial charge in [-0.25, -0.2) is 0 Å². The molecule has 0 aromatic heterocycles. The first-order valence-corrected chi connectivity index (χ1v) is 8.31. The molecule has 1 aliphatic rings. The van der Waals surface area contributed by atoms with Gasteiger partial charge in [-0.2, -0.15) is 0 Å². The summed E-state index contributed by atoms with van der Waals surface area (Å²) in [6.45, 7) is 6.55. The number of hydrogen-bond donors (Lipinski definition) is 1. The minimum Gasteiger partial charge on any atom is -0.480 e. The van der Waals surface area contributed by atoms with Gasteiger partial charge < -0.3 is 10.0 Å². The third-order valence-corrected chi connectivity index (χ3v) is 4.32. The Morgan fingerprint density at radius 3 is 2.14 bits per heavy atom. The Morgan fingerprint density at radius 1 is 1.00 bits per heavy atom. The molecule has 1 unspecified atom stereocenters. The number of carboxylic acids is 1. The predicted molar refractivity (Wildman–Crippen MR) is 83.2 cm³/mol. The van der Waals surface area contributed by atoms with Crippen molar-refractivity contribution in [2.45, 2.75) is 64.8 Å². The Labute approximate surface area is 128 Å². The highest BCUT2D eigenvalue weighted by atomic mass is 16.4. The van der Waals surface area contributed by atoms with Gasteiger partial charge in [-0.3, -0.25) is 14.5 Å². The normalized spacial score (nSPS) is 17.7. The van der Waals surface area contributed by atoms with Crippen molar-refractivity contribution in [2.24, 2.45) is 0 Å². The molecule has 0 saturated carbocycles. The molecule has 122 valence electrons.